The topological polar surface area (TPSA) is 70.4 Å². The number of hydrogen-bond acceptors (Lipinski definition) is 3. The molecule has 164 valence electrons. The zero-order valence-corrected chi connectivity index (χ0v) is 18.1. The minimum atomic E-state index is -0.992. The molecule has 8 heteroatoms. The van der Waals surface area contributed by atoms with Gasteiger partial charge in [-0.1, -0.05) is 12.1 Å². The molecule has 2 N–H and O–H groups in total. The first-order chi connectivity index (χ1) is 16.0. The lowest BCUT2D eigenvalue weighted by Crippen LogP contribution is -2.30. The highest BCUT2D eigenvalue weighted by atomic mass is 32.1. The summed E-state index contributed by atoms with van der Waals surface area (Å²) in [5.41, 5.74) is 3.34. The number of anilines is 1. The van der Waals surface area contributed by atoms with E-state index in [4.69, 9.17) is 12.2 Å². The van der Waals surface area contributed by atoms with Gasteiger partial charge in [-0.15, -0.1) is 0 Å². The Kier molecular flexibility index (Phi) is 5.35. The van der Waals surface area contributed by atoms with Gasteiger partial charge in [-0.2, -0.15) is 0 Å². The second-order valence-corrected chi connectivity index (χ2v) is 8.02. The number of carboxylic acids is 1. The lowest BCUT2D eigenvalue weighted by atomic mass is 10.0. The normalized spacial score (nSPS) is 17.7. The molecule has 0 radical (unpaired) electrons. The van der Waals surface area contributed by atoms with E-state index in [1.54, 1.807) is 36.5 Å². The van der Waals surface area contributed by atoms with E-state index >= 15 is 0 Å². The molecule has 33 heavy (non-hydrogen) atoms. The van der Waals surface area contributed by atoms with Crippen molar-refractivity contribution in [2.75, 3.05) is 4.90 Å². The fourth-order valence-electron chi connectivity index (χ4n) is 4.19. The first-order valence-electron chi connectivity index (χ1n) is 10.3. The monoisotopic (exact) mass is 458 g/mol. The second-order valence-electron chi connectivity index (χ2n) is 7.63. The van der Waals surface area contributed by atoms with Crippen molar-refractivity contribution in [2.24, 2.45) is 0 Å². The van der Waals surface area contributed by atoms with Crippen molar-refractivity contribution in [3.63, 3.8) is 0 Å². The molecule has 6 nitrogen and oxygen atoms in total. The van der Waals surface area contributed by atoms with Crippen LogP contribution in [0.25, 0.3) is 5.69 Å². The molecule has 0 aliphatic carbocycles. The highest BCUT2D eigenvalue weighted by Crippen LogP contribution is 2.42. The number of carboxylic acid groups (broad SMARTS) is 1. The highest BCUT2D eigenvalue weighted by molar-refractivity contribution is 7.80. The standard InChI is InChI=1S/C25H19FN4O2S/c26-17-9-11-18(12-10-17)30-23(22(28-25(30)33)20-7-1-2-13-27-20)21-8-4-14-29(21)19-6-3-5-16(15-19)24(31)32/h1-15,22-23H,(H,28,33)(H,31,32). The largest absolute Gasteiger partial charge is 0.478 e. The maximum atomic E-state index is 13.6. The Balaban J connectivity index is 1.66. The molecule has 1 fully saturated rings. The molecule has 2 aromatic carbocycles. The number of carbonyl (C=O) groups is 1. The predicted molar refractivity (Wildman–Crippen MR) is 127 cm³/mol. The molecule has 3 heterocycles. The smallest absolute Gasteiger partial charge is 0.335 e. The van der Waals surface area contributed by atoms with Crippen LogP contribution < -0.4 is 10.2 Å². The summed E-state index contributed by atoms with van der Waals surface area (Å²) in [5, 5.41) is 13.3. The van der Waals surface area contributed by atoms with Crippen LogP contribution in [-0.4, -0.2) is 25.7 Å². The van der Waals surface area contributed by atoms with Gasteiger partial charge in [0.05, 0.1) is 17.3 Å². The fraction of sp³-hybridized carbons (Fsp3) is 0.0800. The molecule has 1 aliphatic heterocycles. The number of pyridine rings is 1. The zero-order valence-electron chi connectivity index (χ0n) is 17.3. The quantitative estimate of drug-likeness (QED) is 0.415. The Hall–Kier alpha value is -4.04. The van der Waals surface area contributed by atoms with E-state index in [-0.39, 0.29) is 23.5 Å². The summed E-state index contributed by atoms with van der Waals surface area (Å²) < 4.78 is 15.6. The molecule has 5 rings (SSSR count). The molecule has 2 aromatic heterocycles. The van der Waals surface area contributed by atoms with Gasteiger partial charge in [-0.25, -0.2) is 9.18 Å². The molecule has 2 unspecified atom stereocenters. The molecule has 1 aliphatic rings. The van der Waals surface area contributed by atoms with Crippen LogP contribution >= 0.6 is 12.2 Å². The summed E-state index contributed by atoms with van der Waals surface area (Å²) in [6.45, 7) is 0. The van der Waals surface area contributed by atoms with Gasteiger partial charge >= 0.3 is 5.97 Å². The van der Waals surface area contributed by atoms with Gasteiger partial charge in [0.15, 0.2) is 5.11 Å². The number of halogens is 1. The van der Waals surface area contributed by atoms with E-state index in [1.165, 1.54) is 12.1 Å². The van der Waals surface area contributed by atoms with Gasteiger partial charge in [0, 0.05) is 29.5 Å². The third-order valence-corrected chi connectivity index (χ3v) is 5.97. The number of rotatable bonds is 5. The van der Waals surface area contributed by atoms with Crippen molar-refractivity contribution in [3.05, 3.63) is 114 Å². The summed E-state index contributed by atoms with van der Waals surface area (Å²) in [5.74, 6) is -1.32. The van der Waals surface area contributed by atoms with E-state index in [0.717, 1.165) is 17.1 Å². The average molecular weight is 459 g/mol. The molecule has 0 amide bonds. The van der Waals surface area contributed by atoms with Crippen molar-refractivity contribution in [1.82, 2.24) is 14.9 Å². The number of nitrogens with zero attached hydrogens (tertiary/aromatic N) is 3. The van der Waals surface area contributed by atoms with Crippen LogP contribution in [-0.2, 0) is 0 Å². The molecule has 0 bridgehead atoms. The van der Waals surface area contributed by atoms with Crippen molar-refractivity contribution >= 4 is 29.0 Å². The van der Waals surface area contributed by atoms with E-state index in [1.807, 2.05) is 52.1 Å². The third kappa shape index (κ3) is 3.85. The number of benzene rings is 2. The number of hydrogen-bond donors (Lipinski definition) is 2. The summed E-state index contributed by atoms with van der Waals surface area (Å²) in [6.07, 6.45) is 3.61. The van der Waals surface area contributed by atoms with Gasteiger partial charge in [0.1, 0.15) is 11.9 Å². The summed E-state index contributed by atoms with van der Waals surface area (Å²) in [7, 11) is 0. The van der Waals surface area contributed by atoms with Gasteiger partial charge < -0.3 is 19.9 Å². The van der Waals surface area contributed by atoms with Crippen molar-refractivity contribution < 1.29 is 14.3 Å². The van der Waals surface area contributed by atoms with Crippen LogP contribution in [0.5, 0.6) is 0 Å². The van der Waals surface area contributed by atoms with Gasteiger partial charge in [0.25, 0.3) is 0 Å². The van der Waals surface area contributed by atoms with Crippen molar-refractivity contribution in [2.45, 2.75) is 12.1 Å². The fourth-order valence-corrected chi connectivity index (χ4v) is 4.54. The SMILES string of the molecule is O=C(O)c1cccc(-n2cccc2C2C(c3ccccn3)NC(=S)N2c2ccc(F)cc2)c1. The zero-order chi connectivity index (χ0) is 22.9. The second kappa shape index (κ2) is 8.48. The average Bonchev–Trinajstić information content (AvgIpc) is 3.44. The van der Waals surface area contributed by atoms with Gasteiger partial charge in [0.2, 0.25) is 0 Å². The number of aromatic nitrogens is 2. The predicted octanol–water partition coefficient (Wildman–Crippen LogP) is 4.89. The molecule has 4 aromatic rings. The summed E-state index contributed by atoms with van der Waals surface area (Å²) >= 11 is 5.70. The molecular weight excluding hydrogens is 439 g/mol. The Labute approximate surface area is 194 Å². The Morgan fingerprint density at radius 2 is 1.82 bits per heavy atom. The van der Waals surface area contributed by atoms with Gasteiger partial charge in [-0.3, -0.25) is 4.98 Å². The lowest BCUT2D eigenvalue weighted by molar-refractivity contribution is 0.0697. The maximum Gasteiger partial charge on any atom is 0.335 e. The van der Waals surface area contributed by atoms with Crippen LogP contribution in [0.4, 0.5) is 10.1 Å². The van der Waals surface area contributed by atoms with Crippen molar-refractivity contribution in [1.29, 1.82) is 0 Å². The third-order valence-electron chi connectivity index (χ3n) is 5.66. The number of aromatic carboxylic acids is 1. The highest BCUT2D eigenvalue weighted by Gasteiger charge is 2.42. The van der Waals surface area contributed by atoms with Crippen molar-refractivity contribution in [3.8, 4) is 5.69 Å². The van der Waals surface area contributed by atoms with E-state index in [0.29, 0.717) is 10.8 Å². The summed E-state index contributed by atoms with van der Waals surface area (Å²) in [4.78, 5) is 18.0. The van der Waals surface area contributed by atoms with Gasteiger partial charge in [-0.05, 0) is 78.9 Å². The molecule has 2 atom stereocenters. The Morgan fingerprint density at radius 1 is 1.00 bits per heavy atom. The first-order valence-corrected chi connectivity index (χ1v) is 10.7. The lowest BCUT2D eigenvalue weighted by Gasteiger charge is -2.29. The van der Waals surface area contributed by atoms with Crippen LogP contribution in [0, 0.1) is 5.82 Å². The molecule has 1 saturated heterocycles. The van der Waals surface area contributed by atoms with E-state index in [2.05, 4.69) is 10.3 Å². The first kappa shape index (κ1) is 20.8. The Bertz CT molecular complexity index is 1320. The molecule has 0 saturated carbocycles. The molecular formula is C25H19FN4O2S. The minimum absolute atomic E-state index is 0.198. The number of thiocarbonyl (C=S) groups is 1. The van der Waals surface area contributed by atoms with Crippen LogP contribution in [0.3, 0.4) is 0 Å². The van der Waals surface area contributed by atoms with Crippen LogP contribution in [0.2, 0.25) is 0 Å². The minimum Gasteiger partial charge on any atom is -0.478 e. The van der Waals surface area contributed by atoms with E-state index in [9.17, 15) is 14.3 Å². The van der Waals surface area contributed by atoms with Crippen LogP contribution in [0.15, 0.2) is 91.3 Å². The summed E-state index contributed by atoms with van der Waals surface area (Å²) in [6, 6.07) is 21.9. The Morgan fingerprint density at radius 3 is 2.55 bits per heavy atom. The van der Waals surface area contributed by atoms with E-state index < -0.39 is 5.97 Å². The van der Waals surface area contributed by atoms with Crippen LogP contribution in [0.1, 0.15) is 33.8 Å². The maximum absolute atomic E-state index is 13.6. The number of nitrogens with one attached hydrogen (secondary N) is 1. The molecule has 0 spiro atoms.